The average molecular weight is 274 g/mol. The summed E-state index contributed by atoms with van der Waals surface area (Å²) in [5, 5.41) is 10.7. The third-order valence-corrected chi connectivity index (χ3v) is 3.72. The van der Waals surface area contributed by atoms with Gasteiger partial charge in [0, 0.05) is 11.1 Å². The van der Waals surface area contributed by atoms with Crippen LogP contribution < -0.4 is 0 Å². The average Bonchev–Trinajstić information content (AvgIpc) is 2.26. The van der Waals surface area contributed by atoms with E-state index in [1.54, 1.807) is 0 Å². The van der Waals surface area contributed by atoms with Gasteiger partial charge in [-0.05, 0) is 41.4 Å². The molecule has 1 heteroatoms. The zero-order chi connectivity index (χ0) is 15.7. The molecule has 0 heterocycles. The van der Waals surface area contributed by atoms with E-state index in [4.69, 9.17) is 0 Å². The quantitative estimate of drug-likeness (QED) is 0.722. The van der Waals surface area contributed by atoms with Gasteiger partial charge in [0.2, 0.25) is 0 Å². The molecule has 1 aromatic carbocycles. The summed E-state index contributed by atoms with van der Waals surface area (Å²) in [7, 11) is 0. The summed E-state index contributed by atoms with van der Waals surface area (Å²) in [6.07, 6.45) is 3.16. The highest BCUT2D eigenvalue weighted by Crippen LogP contribution is 2.40. The number of rotatable bonds is 2. The minimum absolute atomic E-state index is 0.0629. The number of benzene rings is 1. The molecule has 0 atom stereocenters. The van der Waals surface area contributed by atoms with E-state index in [-0.39, 0.29) is 10.8 Å². The normalized spacial score (nSPS) is 13.7. The Morgan fingerprint density at radius 2 is 1.60 bits per heavy atom. The Kier molecular flexibility index (Phi) is 4.74. The van der Waals surface area contributed by atoms with E-state index in [1.165, 1.54) is 5.56 Å². The number of phenols is 1. The van der Waals surface area contributed by atoms with Crippen LogP contribution in [0, 0.1) is 0 Å². The molecular formula is C19H30O. The van der Waals surface area contributed by atoms with Gasteiger partial charge < -0.3 is 5.11 Å². The summed E-state index contributed by atoms with van der Waals surface area (Å²) in [5.41, 5.74) is 4.45. The zero-order valence-electron chi connectivity index (χ0n) is 14.4. The SMILES string of the molecule is CC/C=C(/C)c1cc(C(C)(C)C)cc(C(C)(C)C)c1O. The molecule has 1 nitrogen and oxygen atoms in total. The van der Waals surface area contributed by atoms with E-state index in [0.717, 1.165) is 23.1 Å². The Morgan fingerprint density at radius 3 is 2.00 bits per heavy atom. The standard InChI is InChI=1S/C19H30O/c1-9-10-13(2)15-11-14(18(3,4)5)12-16(17(15)20)19(6,7)8/h10-12,20H,9H2,1-8H3/b13-10-. The highest BCUT2D eigenvalue weighted by atomic mass is 16.3. The van der Waals surface area contributed by atoms with E-state index in [0.29, 0.717) is 5.75 Å². The van der Waals surface area contributed by atoms with Crippen LogP contribution in [0.2, 0.25) is 0 Å². The third kappa shape index (κ3) is 3.65. The van der Waals surface area contributed by atoms with Gasteiger partial charge in [0.15, 0.2) is 0 Å². The summed E-state index contributed by atoms with van der Waals surface area (Å²) in [5.74, 6) is 0.438. The van der Waals surface area contributed by atoms with Gasteiger partial charge in [-0.1, -0.05) is 60.6 Å². The number of hydrogen-bond acceptors (Lipinski definition) is 1. The molecule has 0 unspecified atom stereocenters. The lowest BCUT2D eigenvalue weighted by Crippen LogP contribution is -2.17. The molecule has 0 saturated carbocycles. The number of allylic oxidation sites excluding steroid dienone is 2. The molecule has 0 aliphatic carbocycles. The van der Waals surface area contributed by atoms with Crippen molar-refractivity contribution in [3.8, 4) is 5.75 Å². The van der Waals surface area contributed by atoms with Gasteiger partial charge in [-0.2, -0.15) is 0 Å². The first-order valence-electron chi connectivity index (χ1n) is 7.53. The van der Waals surface area contributed by atoms with E-state index in [1.807, 2.05) is 0 Å². The molecule has 0 aliphatic rings. The van der Waals surface area contributed by atoms with Crippen LogP contribution in [-0.4, -0.2) is 5.11 Å². The fourth-order valence-corrected chi connectivity index (χ4v) is 2.36. The Morgan fingerprint density at radius 1 is 1.05 bits per heavy atom. The van der Waals surface area contributed by atoms with Crippen molar-refractivity contribution >= 4 is 5.57 Å². The van der Waals surface area contributed by atoms with Gasteiger partial charge in [0.05, 0.1) is 0 Å². The lowest BCUT2D eigenvalue weighted by atomic mass is 9.78. The minimum Gasteiger partial charge on any atom is -0.507 e. The van der Waals surface area contributed by atoms with E-state index in [9.17, 15) is 5.11 Å². The summed E-state index contributed by atoms with van der Waals surface area (Å²) in [4.78, 5) is 0. The van der Waals surface area contributed by atoms with Crippen molar-refractivity contribution in [2.45, 2.75) is 72.6 Å². The Balaban J connectivity index is 3.64. The van der Waals surface area contributed by atoms with Crippen LogP contribution in [0.1, 0.15) is 78.5 Å². The van der Waals surface area contributed by atoms with Crippen molar-refractivity contribution in [2.24, 2.45) is 0 Å². The number of aromatic hydroxyl groups is 1. The van der Waals surface area contributed by atoms with Crippen LogP contribution in [0.15, 0.2) is 18.2 Å². The smallest absolute Gasteiger partial charge is 0.126 e. The second-order valence-corrected chi connectivity index (χ2v) is 7.72. The minimum atomic E-state index is -0.0629. The van der Waals surface area contributed by atoms with Crippen molar-refractivity contribution < 1.29 is 5.11 Å². The van der Waals surface area contributed by atoms with Crippen LogP contribution in [0.25, 0.3) is 5.57 Å². The molecule has 0 fully saturated rings. The van der Waals surface area contributed by atoms with Crippen molar-refractivity contribution in [3.63, 3.8) is 0 Å². The summed E-state index contributed by atoms with van der Waals surface area (Å²) in [6, 6.07) is 4.31. The maximum absolute atomic E-state index is 10.7. The maximum atomic E-state index is 10.7. The Bertz CT molecular complexity index is 508. The first-order chi connectivity index (χ1) is 8.98. The lowest BCUT2D eigenvalue weighted by molar-refractivity contribution is 0.443. The van der Waals surface area contributed by atoms with Gasteiger partial charge in [-0.3, -0.25) is 0 Å². The molecule has 0 bridgehead atoms. The van der Waals surface area contributed by atoms with Gasteiger partial charge >= 0.3 is 0 Å². The second-order valence-electron chi connectivity index (χ2n) is 7.72. The molecule has 20 heavy (non-hydrogen) atoms. The summed E-state index contributed by atoms with van der Waals surface area (Å²) in [6.45, 7) is 17.3. The summed E-state index contributed by atoms with van der Waals surface area (Å²) < 4.78 is 0. The van der Waals surface area contributed by atoms with E-state index < -0.39 is 0 Å². The van der Waals surface area contributed by atoms with Crippen molar-refractivity contribution in [2.75, 3.05) is 0 Å². The van der Waals surface area contributed by atoms with Crippen LogP contribution in [0.3, 0.4) is 0 Å². The van der Waals surface area contributed by atoms with Crippen LogP contribution in [-0.2, 0) is 10.8 Å². The fourth-order valence-electron chi connectivity index (χ4n) is 2.36. The molecule has 1 aromatic rings. The first kappa shape index (κ1) is 16.8. The van der Waals surface area contributed by atoms with Crippen molar-refractivity contribution in [3.05, 3.63) is 34.9 Å². The molecule has 112 valence electrons. The molecule has 0 aromatic heterocycles. The molecule has 0 spiro atoms. The lowest BCUT2D eigenvalue weighted by Gasteiger charge is -2.27. The first-order valence-corrected chi connectivity index (χ1v) is 7.53. The van der Waals surface area contributed by atoms with Gasteiger partial charge in [0.1, 0.15) is 5.75 Å². The van der Waals surface area contributed by atoms with Gasteiger partial charge in [-0.25, -0.2) is 0 Å². The Labute approximate surface area is 124 Å². The van der Waals surface area contributed by atoms with Gasteiger partial charge in [-0.15, -0.1) is 0 Å². The molecule has 1 rings (SSSR count). The van der Waals surface area contributed by atoms with Crippen LogP contribution in [0.4, 0.5) is 0 Å². The highest BCUT2D eigenvalue weighted by molar-refractivity contribution is 5.71. The van der Waals surface area contributed by atoms with Gasteiger partial charge in [0.25, 0.3) is 0 Å². The second kappa shape index (κ2) is 5.63. The number of hydrogen-bond donors (Lipinski definition) is 1. The van der Waals surface area contributed by atoms with Crippen molar-refractivity contribution in [1.82, 2.24) is 0 Å². The van der Waals surface area contributed by atoms with Crippen molar-refractivity contribution in [1.29, 1.82) is 0 Å². The van der Waals surface area contributed by atoms with Crippen LogP contribution >= 0.6 is 0 Å². The predicted octanol–water partition coefficient (Wildman–Crippen LogP) is 5.80. The molecule has 0 amide bonds. The maximum Gasteiger partial charge on any atom is 0.126 e. The predicted molar refractivity (Wildman–Crippen MR) is 89.4 cm³/mol. The molecular weight excluding hydrogens is 244 g/mol. The third-order valence-electron chi connectivity index (χ3n) is 3.72. The monoisotopic (exact) mass is 274 g/mol. The van der Waals surface area contributed by atoms with E-state index >= 15 is 0 Å². The number of phenolic OH excluding ortho intramolecular Hbond substituents is 1. The highest BCUT2D eigenvalue weighted by Gasteiger charge is 2.25. The topological polar surface area (TPSA) is 20.2 Å². The van der Waals surface area contributed by atoms with E-state index in [2.05, 4.69) is 73.6 Å². The zero-order valence-corrected chi connectivity index (χ0v) is 14.4. The summed E-state index contributed by atoms with van der Waals surface area (Å²) >= 11 is 0. The fraction of sp³-hybridized carbons (Fsp3) is 0.579. The largest absolute Gasteiger partial charge is 0.507 e. The Hall–Kier alpha value is -1.24. The van der Waals surface area contributed by atoms with Crippen LogP contribution in [0.5, 0.6) is 5.75 Å². The molecule has 0 radical (unpaired) electrons. The molecule has 1 N–H and O–H groups in total. The molecule has 0 aliphatic heterocycles. The molecule has 0 saturated heterocycles.